The van der Waals surface area contributed by atoms with E-state index in [9.17, 15) is 0 Å². The summed E-state index contributed by atoms with van der Waals surface area (Å²) in [6.07, 6.45) is 1.93. The topological polar surface area (TPSA) is 51.0 Å². The van der Waals surface area contributed by atoms with Crippen LogP contribution in [0.3, 0.4) is 0 Å². The lowest BCUT2D eigenvalue weighted by Crippen LogP contribution is -2.17. The first-order chi connectivity index (χ1) is 9.22. The van der Waals surface area contributed by atoms with Crippen molar-refractivity contribution < 1.29 is 4.52 Å². The molecule has 1 N–H and O–H groups in total. The zero-order chi connectivity index (χ0) is 13.2. The van der Waals surface area contributed by atoms with E-state index < -0.39 is 0 Å². The summed E-state index contributed by atoms with van der Waals surface area (Å²) in [5, 5.41) is 9.36. The number of pyridine rings is 1. The lowest BCUT2D eigenvalue weighted by Gasteiger charge is -2.12. The molecule has 1 atom stereocenters. The van der Waals surface area contributed by atoms with Crippen molar-refractivity contribution in [3.05, 3.63) is 46.8 Å². The maximum atomic E-state index is 5.18. The molecule has 3 aromatic rings. The Morgan fingerprint density at radius 2 is 2.32 bits per heavy atom. The van der Waals surface area contributed by atoms with Crippen LogP contribution in [0.15, 0.2) is 34.3 Å². The lowest BCUT2D eigenvalue weighted by molar-refractivity contribution is 0.363. The zero-order valence-electron chi connectivity index (χ0n) is 10.9. The number of hydrogen-bond acceptors (Lipinski definition) is 5. The SMILES string of the molecule is Cc1cc(CNC(C)c2cnc3ccsc3c2)on1. The molecular weight excluding hydrogens is 258 g/mol. The molecule has 0 aromatic carbocycles. The van der Waals surface area contributed by atoms with E-state index in [0.29, 0.717) is 6.54 Å². The van der Waals surface area contributed by atoms with Crippen molar-refractivity contribution in [1.82, 2.24) is 15.5 Å². The summed E-state index contributed by atoms with van der Waals surface area (Å²) in [4.78, 5) is 4.46. The van der Waals surface area contributed by atoms with Gasteiger partial charge in [0.25, 0.3) is 0 Å². The summed E-state index contributed by atoms with van der Waals surface area (Å²) in [6.45, 7) is 4.72. The minimum atomic E-state index is 0.226. The van der Waals surface area contributed by atoms with Crippen LogP contribution >= 0.6 is 11.3 Å². The first-order valence-corrected chi connectivity index (χ1v) is 7.09. The van der Waals surface area contributed by atoms with Crippen LogP contribution < -0.4 is 5.32 Å². The van der Waals surface area contributed by atoms with Crippen LogP contribution in [0.2, 0.25) is 0 Å². The van der Waals surface area contributed by atoms with Crippen LogP contribution in [0.4, 0.5) is 0 Å². The first kappa shape index (κ1) is 12.3. The summed E-state index contributed by atoms with van der Waals surface area (Å²) >= 11 is 1.72. The van der Waals surface area contributed by atoms with Crippen LogP contribution in [0, 0.1) is 6.92 Å². The Morgan fingerprint density at radius 1 is 1.42 bits per heavy atom. The fourth-order valence-electron chi connectivity index (χ4n) is 1.97. The van der Waals surface area contributed by atoms with Gasteiger partial charge in [-0.1, -0.05) is 5.16 Å². The third kappa shape index (κ3) is 2.67. The predicted octanol–water partition coefficient (Wildman–Crippen LogP) is 3.44. The molecule has 0 aliphatic heterocycles. The molecular formula is C14H15N3OS. The largest absolute Gasteiger partial charge is 0.360 e. The fourth-order valence-corrected chi connectivity index (χ4v) is 2.76. The molecule has 0 bridgehead atoms. The van der Waals surface area contributed by atoms with Crippen LogP contribution in [0.25, 0.3) is 10.2 Å². The summed E-state index contributed by atoms with van der Waals surface area (Å²) in [7, 11) is 0. The number of aryl methyl sites for hydroxylation is 1. The van der Waals surface area contributed by atoms with Crippen LogP contribution in [-0.4, -0.2) is 10.1 Å². The number of nitrogens with one attached hydrogen (secondary N) is 1. The van der Waals surface area contributed by atoms with Crippen molar-refractivity contribution in [1.29, 1.82) is 0 Å². The van der Waals surface area contributed by atoms with Gasteiger partial charge in [0.2, 0.25) is 0 Å². The van der Waals surface area contributed by atoms with E-state index >= 15 is 0 Å². The molecule has 4 nitrogen and oxygen atoms in total. The van der Waals surface area contributed by atoms with Crippen molar-refractivity contribution in [2.75, 3.05) is 0 Å². The predicted molar refractivity (Wildman–Crippen MR) is 76.1 cm³/mol. The molecule has 0 spiro atoms. The van der Waals surface area contributed by atoms with E-state index in [1.807, 2.05) is 25.3 Å². The van der Waals surface area contributed by atoms with E-state index in [2.05, 4.69) is 33.8 Å². The highest BCUT2D eigenvalue weighted by molar-refractivity contribution is 7.17. The Balaban J connectivity index is 1.70. The van der Waals surface area contributed by atoms with Crippen molar-refractivity contribution >= 4 is 21.6 Å². The maximum Gasteiger partial charge on any atom is 0.150 e. The smallest absolute Gasteiger partial charge is 0.150 e. The molecule has 1 unspecified atom stereocenters. The van der Waals surface area contributed by atoms with Crippen LogP contribution in [0.5, 0.6) is 0 Å². The average molecular weight is 273 g/mol. The molecule has 0 fully saturated rings. The lowest BCUT2D eigenvalue weighted by atomic mass is 10.1. The summed E-state index contributed by atoms with van der Waals surface area (Å²) in [5.41, 5.74) is 3.16. The highest BCUT2D eigenvalue weighted by atomic mass is 32.1. The molecule has 0 saturated heterocycles. The second kappa shape index (κ2) is 5.11. The van der Waals surface area contributed by atoms with Crippen molar-refractivity contribution in [3.63, 3.8) is 0 Å². The van der Waals surface area contributed by atoms with E-state index in [0.717, 1.165) is 17.0 Å². The van der Waals surface area contributed by atoms with E-state index in [1.54, 1.807) is 11.3 Å². The minimum absolute atomic E-state index is 0.226. The highest BCUT2D eigenvalue weighted by Gasteiger charge is 2.08. The molecule has 0 amide bonds. The summed E-state index contributed by atoms with van der Waals surface area (Å²) < 4.78 is 6.41. The zero-order valence-corrected chi connectivity index (χ0v) is 11.7. The average Bonchev–Trinajstić information content (AvgIpc) is 3.03. The van der Waals surface area contributed by atoms with Gasteiger partial charge in [-0.3, -0.25) is 4.98 Å². The van der Waals surface area contributed by atoms with Gasteiger partial charge in [-0.05, 0) is 36.9 Å². The molecule has 0 radical (unpaired) electrons. The van der Waals surface area contributed by atoms with E-state index in [4.69, 9.17) is 4.52 Å². The van der Waals surface area contributed by atoms with Gasteiger partial charge in [0.1, 0.15) is 0 Å². The molecule has 98 valence electrons. The Bertz CT molecular complexity index is 689. The van der Waals surface area contributed by atoms with Gasteiger partial charge in [0, 0.05) is 18.3 Å². The molecule has 19 heavy (non-hydrogen) atoms. The quantitative estimate of drug-likeness (QED) is 0.791. The fraction of sp³-hybridized carbons (Fsp3) is 0.286. The number of fused-ring (bicyclic) bond motifs is 1. The van der Waals surface area contributed by atoms with Gasteiger partial charge in [-0.2, -0.15) is 0 Å². The molecule has 0 saturated carbocycles. The van der Waals surface area contributed by atoms with Gasteiger partial charge in [-0.15, -0.1) is 11.3 Å². The molecule has 3 heterocycles. The Kier molecular flexibility index (Phi) is 3.31. The minimum Gasteiger partial charge on any atom is -0.360 e. The van der Waals surface area contributed by atoms with Gasteiger partial charge in [-0.25, -0.2) is 0 Å². The number of thiophene rings is 1. The van der Waals surface area contributed by atoms with Crippen molar-refractivity contribution in [2.24, 2.45) is 0 Å². The third-order valence-corrected chi connectivity index (χ3v) is 3.94. The molecule has 0 aliphatic carbocycles. The highest BCUT2D eigenvalue weighted by Crippen LogP contribution is 2.22. The standard InChI is InChI=1S/C14H15N3OS/c1-9-5-12(18-17-9)8-15-10(2)11-6-14-13(16-7-11)3-4-19-14/h3-7,10,15H,8H2,1-2H3. The normalized spacial score (nSPS) is 12.9. The van der Waals surface area contributed by atoms with Gasteiger partial charge >= 0.3 is 0 Å². The van der Waals surface area contributed by atoms with E-state index in [1.165, 1.54) is 10.3 Å². The number of hydrogen-bond donors (Lipinski definition) is 1. The summed E-state index contributed by atoms with van der Waals surface area (Å²) in [6, 6.07) is 6.40. The van der Waals surface area contributed by atoms with Crippen LogP contribution in [0.1, 0.15) is 30.0 Å². The molecule has 0 aliphatic rings. The van der Waals surface area contributed by atoms with Crippen LogP contribution in [-0.2, 0) is 6.54 Å². The third-order valence-electron chi connectivity index (χ3n) is 3.08. The monoisotopic (exact) mass is 273 g/mol. The number of aromatic nitrogens is 2. The Morgan fingerprint density at radius 3 is 3.11 bits per heavy atom. The van der Waals surface area contributed by atoms with Gasteiger partial charge in [0.15, 0.2) is 5.76 Å². The molecule has 5 heteroatoms. The second-order valence-corrected chi connectivity index (χ2v) is 5.56. The molecule has 3 aromatic heterocycles. The number of nitrogens with zero attached hydrogens (tertiary/aromatic N) is 2. The second-order valence-electron chi connectivity index (χ2n) is 4.61. The first-order valence-electron chi connectivity index (χ1n) is 6.21. The Hall–Kier alpha value is -1.72. The van der Waals surface area contributed by atoms with Crippen molar-refractivity contribution in [3.8, 4) is 0 Å². The summed E-state index contributed by atoms with van der Waals surface area (Å²) in [5.74, 6) is 0.856. The van der Waals surface area contributed by atoms with Gasteiger partial charge in [0.05, 0.1) is 22.5 Å². The van der Waals surface area contributed by atoms with E-state index in [-0.39, 0.29) is 6.04 Å². The number of rotatable bonds is 4. The Labute approximate surface area is 115 Å². The maximum absolute atomic E-state index is 5.18. The van der Waals surface area contributed by atoms with Crippen molar-refractivity contribution in [2.45, 2.75) is 26.4 Å². The molecule has 3 rings (SSSR count). The van der Waals surface area contributed by atoms with Gasteiger partial charge < -0.3 is 9.84 Å².